The van der Waals surface area contributed by atoms with E-state index >= 15 is 0 Å². The van der Waals surface area contributed by atoms with Gasteiger partial charge >= 0.3 is 12.1 Å². The summed E-state index contributed by atoms with van der Waals surface area (Å²) >= 11 is 0. The number of hydrogen-bond acceptors (Lipinski definition) is 6. The third kappa shape index (κ3) is 3.91. The summed E-state index contributed by atoms with van der Waals surface area (Å²) in [5.41, 5.74) is 0.759. The summed E-state index contributed by atoms with van der Waals surface area (Å²) < 4.78 is 42.7. The van der Waals surface area contributed by atoms with Gasteiger partial charge < -0.3 is 9.84 Å². The van der Waals surface area contributed by atoms with E-state index in [2.05, 4.69) is 25.1 Å². The number of rotatable bonds is 5. The van der Waals surface area contributed by atoms with Crippen LogP contribution in [-0.4, -0.2) is 31.1 Å². The molecule has 3 heterocycles. The SMILES string of the molecule is O=c1[nH]c2ncccc2c2cc(CNC(O)c3ccccc3OC(F)(F)F)nn12. The van der Waals surface area contributed by atoms with Gasteiger partial charge in [0.15, 0.2) is 0 Å². The third-order valence-corrected chi connectivity index (χ3v) is 4.18. The van der Waals surface area contributed by atoms with E-state index in [1.54, 1.807) is 24.4 Å². The maximum Gasteiger partial charge on any atom is 0.573 e. The maximum atomic E-state index is 12.5. The van der Waals surface area contributed by atoms with E-state index in [0.717, 1.165) is 10.6 Å². The second-order valence-corrected chi connectivity index (χ2v) is 6.13. The molecule has 3 aromatic heterocycles. The van der Waals surface area contributed by atoms with E-state index < -0.39 is 24.0 Å². The van der Waals surface area contributed by atoms with Gasteiger partial charge in [-0.25, -0.2) is 9.78 Å². The number of aliphatic hydroxyl groups excluding tert-OH is 1. The molecule has 0 spiro atoms. The van der Waals surface area contributed by atoms with Crippen molar-refractivity contribution in [3.63, 3.8) is 0 Å². The zero-order chi connectivity index (χ0) is 20.6. The Morgan fingerprint density at radius 1 is 1.24 bits per heavy atom. The number of fused-ring (bicyclic) bond motifs is 3. The molecule has 4 rings (SSSR count). The van der Waals surface area contributed by atoms with Gasteiger partial charge in [-0.05, 0) is 24.3 Å². The smallest absolute Gasteiger partial charge is 0.405 e. The molecule has 0 saturated carbocycles. The lowest BCUT2D eigenvalue weighted by atomic mass is 10.1. The molecule has 0 aliphatic rings. The Balaban J connectivity index is 1.58. The first-order chi connectivity index (χ1) is 13.8. The molecule has 3 N–H and O–H groups in total. The van der Waals surface area contributed by atoms with Crippen LogP contribution in [0.5, 0.6) is 5.75 Å². The molecule has 8 nitrogen and oxygen atoms in total. The van der Waals surface area contributed by atoms with Crippen molar-refractivity contribution in [2.24, 2.45) is 0 Å². The lowest BCUT2D eigenvalue weighted by Gasteiger charge is -2.17. The standard InChI is InChI=1S/C18H14F3N5O3/c19-18(20,21)29-14-6-2-1-4-12(14)16(27)23-9-10-8-13-11-5-3-7-22-15(11)24-17(28)26(13)25-10/h1-8,16,23,27H,9H2,(H,22,24,28). The minimum absolute atomic E-state index is 0.00953. The number of aromatic nitrogens is 4. The molecule has 1 atom stereocenters. The average Bonchev–Trinajstić information content (AvgIpc) is 3.11. The number of aliphatic hydroxyl groups is 1. The lowest BCUT2D eigenvalue weighted by Crippen LogP contribution is -2.24. The number of para-hydroxylation sites is 1. The van der Waals surface area contributed by atoms with Gasteiger partial charge in [0.05, 0.1) is 11.2 Å². The maximum absolute atomic E-state index is 12.5. The first-order valence-corrected chi connectivity index (χ1v) is 8.43. The predicted molar refractivity (Wildman–Crippen MR) is 96.0 cm³/mol. The molecule has 11 heteroatoms. The second kappa shape index (κ2) is 7.18. The van der Waals surface area contributed by atoms with E-state index in [0.29, 0.717) is 22.2 Å². The minimum Gasteiger partial charge on any atom is -0.405 e. The number of nitrogens with zero attached hydrogens (tertiary/aromatic N) is 3. The monoisotopic (exact) mass is 405 g/mol. The summed E-state index contributed by atoms with van der Waals surface area (Å²) in [4.78, 5) is 18.9. The summed E-state index contributed by atoms with van der Waals surface area (Å²) in [6.07, 6.45) is -4.78. The Morgan fingerprint density at radius 3 is 2.83 bits per heavy atom. The van der Waals surface area contributed by atoms with E-state index in [4.69, 9.17) is 0 Å². The van der Waals surface area contributed by atoms with Crippen LogP contribution in [0.25, 0.3) is 16.6 Å². The zero-order valence-corrected chi connectivity index (χ0v) is 14.6. The Morgan fingerprint density at radius 2 is 2.03 bits per heavy atom. The fourth-order valence-corrected chi connectivity index (χ4v) is 2.96. The van der Waals surface area contributed by atoms with Crippen molar-refractivity contribution in [2.75, 3.05) is 0 Å². The molecule has 0 aliphatic carbocycles. The highest BCUT2D eigenvalue weighted by molar-refractivity contribution is 5.90. The highest BCUT2D eigenvalue weighted by Gasteiger charge is 2.32. The predicted octanol–water partition coefficient (Wildman–Crippen LogP) is 2.25. The molecule has 0 saturated heterocycles. The second-order valence-electron chi connectivity index (χ2n) is 6.13. The quantitative estimate of drug-likeness (QED) is 0.440. The molecule has 0 amide bonds. The number of aromatic amines is 1. The number of H-pyrrole nitrogens is 1. The van der Waals surface area contributed by atoms with Crippen LogP contribution in [0.2, 0.25) is 0 Å². The van der Waals surface area contributed by atoms with Crippen LogP contribution in [0.3, 0.4) is 0 Å². The van der Waals surface area contributed by atoms with Crippen molar-refractivity contribution in [2.45, 2.75) is 19.1 Å². The zero-order valence-electron chi connectivity index (χ0n) is 14.6. The lowest BCUT2D eigenvalue weighted by molar-refractivity contribution is -0.275. The Kier molecular flexibility index (Phi) is 4.68. The van der Waals surface area contributed by atoms with Crippen molar-refractivity contribution < 1.29 is 23.0 Å². The first kappa shape index (κ1) is 18.9. The highest BCUT2D eigenvalue weighted by Crippen LogP contribution is 2.29. The fraction of sp³-hybridized carbons (Fsp3) is 0.167. The van der Waals surface area contributed by atoms with Crippen LogP contribution in [0.1, 0.15) is 17.5 Å². The molecule has 0 aliphatic heterocycles. The molecule has 0 fully saturated rings. The largest absolute Gasteiger partial charge is 0.573 e. The van der Waals surface area contributed by atoms with Gasteiger partial charge in [-0.1, -0.05) is 18.2 Å². The summed E-state index contributed by atoms with van der Waals surface area (Å²) in [7, 11) is 0. The van der Waals surface area contributed by atoms with E-state index in [1.165, 1.54) is 18.2 Å². The van der Waals surface area contributed by atoms with Crippen molar-refractivity contribution in [1.29, 1.82) is 0 Å². The van der Waals surface area contributed by atoms with Crippen LogP contribution in [0.15, 0.2) is 53.5 Å². The topological polar surface area (TPSA) is 105 Å². The van der Waals surface area contributed by atoms with Gasteiger partial charge in [-0.15, -0.1) is 13.2 Å². The molecule has 1 aromatic carbocycles. The molecule has 4 aromatic rings. The molecule has 1 unspecified atom stereocenters. The molecule has 29 heavy (non-hydrogen) atoms. The number of halogens is 3. The Hall–Kier alpha value is -3.44. The summed E-state index contributed by atoms with van der Waals surface area (Å²) in [5, 5.41) is 17.8. The van der Waals surface area contributed by atoms with Crippen LogP contribution in [0.4, 0.5) is 13.2 Å². The van der Waals surface area contributed by atoms with Crippen molar-refractivity contribution >= 4 is 16.6 Å². The van der Waals surface area contributed by atoms with Gasteiger partial charge in [0, 0.05) is 23.7 Å². The van der Waals surface area contributed by atoms with Gasteiger partial charge in [0.1, 0.15) is 17.6 Å². The van der Waals surface area contributed by atoms with Gasteiger partial charge in [-0.2, -0.15) is 9.61 Å². The number of alkyl halides is 3. The van der Waals surface area contributed by atoms with Gasteiger partial charge in [0.2, 0.25) is 0 Å². The summed E-state index contributed by atoms with van der Waals surface area (Å²) in [6, 6.07) is 10.4. The van der Waals surface area contributed by atoms with Crippen molar-refractivity contribution in [3.05, 3.63) is 70.4 Å². The third-order valence-electron chi connectivity index (χ3n) is 4.18. The Labute approximate surface area is 160 Å². The first-order valence-electron chi connectivity index (χ1n) is 8.43. The van der Waals surface area contributed by atoms with E-state index in [1.807, 2.05) is 0 Å². The molecular weight excluding hydrogens is 391 g/mol. The van der Waals surface area contributed by atoms with Gasteiger partial charge in [-0.3, -0.25) is 10.3 Å². The Bertz CT molecular complexity index is 1230. The van der Waals surface area contributed by atoms with Crippen LogP contribution in [-0.2, 0) is 6.54 Å². The molecular formula is C18H14F3N5O3. The van der Waals surface area contributed by atoms with E-state index in [-0.39, 0.29) is 12.1 Å². The van der Waals surface area contributed by atoms with Crippen molar-refractivity contribution in [1.82, 2.24) is 24.9 Å². The molecule has 0 bridgehead atoms. The molecule has 150 valence electrons. The van der Waals surface area contributed by atoms with E-state index in [9.17, 15) is 23.1 Å². The number of ether oxygens (including phenoxy) is 1. The highest BCUT2D eigenvalue weighted by atomic mass is 19.4. The summed E-state index contributed by atoms with van der Waals surface area (Å²) in [5.74, 6) is -0.511. The average molecular weight is 405 g/mol. The van der Waals surface area contributed by atoms with Crippen LogP contribution in [0, 0.1) is 0 Å². The number of benzene rings is 1. The number of nitrogens with one attached hydrogen (secondary N) is 2. The van der Waals surface area contributed by atoms with Crippen LogP contribution >= 0.6 is 0 Å². The molecule has 0 radical (unpaired) electrons. The van der Waals surface area contributed by atoms with Crippen LogP contribution < -0.4 is 15.7 Å². The number of hydrogen-bond donors (Lipinski definition) is 3. The fourth-order valence-electron chi connectivity index (χ4n) is 2.96. The number of pyridine rings is 1. The van der Waals surface area contributed by atoms with Crippen molar-refractivity contribution in [3.8, 4) is 5.75 Å². The van der Waals surface area contributed by atoms with Gasteiger partial charge in [0.25, 0.3) is 0 Å². The summed E-state index contributed by atoms with van der Waals surface area (Å²) in [6.45, 7) is -0.00953. The normalized spacial score (nSPS) is 13.1. The minimum atomic E-state index is -4.88.